The van der Waals surface area contributed by atoms with Gasteiger partial charge in [-0.25, -0.2) is 4.79 Å². The van der Waals surface area contributed by atoms with Crippen molar-refractivity contribution in [3.63, 3.8) is 0 Å². The lowest BCUT2D eigenvalue weighted by Crippen LogP contribution is -2.44. The Morgan fingerprint density at radius 2 is 1.74 bits per heavy atom. The summed E-state index contributed by atoms with van der Waals surface area (Å²) in [5.74, 6) is -0.778. The number of allylic oxidation sites excluding steroid dienone is 3. The molecule has 8 nitrogen and oxygen atoms in total. The number of nitrogens with zero attached hydrogens (tertiary/aromatic N) is 2. The second-order valence-corrected chi connectivity index (χ2v) is 9.23. The first-order chi connectivity index (χ1) is 14.3. The lowest BCUT2D eigenvalue weighted by Gasteiger charge is -2.29. The highest BCUT2D eigenvalue weighted by molar-refractivity contribution is 5.85. The Balaban J connectivity index is 2.97. The maximum Gasteiger partial charge on any atom is 0.410 e. The van der Waals surface area contributed by atoms with E-state index in [0.717, 1.165) is 5.57 Å². The SMILES string of the molecule is C=CC=C1/C(=C\CO)CCN1C(=O)CN(CCC(=O)OC(C)(C)C)C(=O)OC(C)(C)C. The van der Waals surface area contributed by atoms with Crippen LogP contribution in [-0.4, -0.2) is 70.3 Å². The molecular formula is C23H36N2O6. The average molecular weight is 437 g/mol. The number of hydrogen-bond acceptors (Lipinski definition) is 6. The number of carbonyl (C=O) groups is 3. The first-order valence-electron chi connectivity index (χ1n) is 10.4. The summed E-state index contributed by atoms with van der Waals surface area (Å²) in [4.78, 5) is 40.6. The van der Waals surface area contributed by atoms with Gasteiger partial charge in [-0.1, -0.05) is 18.7 Å². The van der Waals surface area contributed by atoms with Gasteiger partial charge in [-0.2, -0.15) is 0 Å². The van der Waals surface area contributed by atoms with Crippen molar-refractivity contribution in [2.45, 2.75) is 65.6 Å². The molecule has 0 atom stereocenters. The van der Waals surface area contributed by atoms with Gasteiger partial charge in [0.05, 0.1) is 13.0 Å². The van der Waals surface area contributed by atoms with E-state index < -0.39 is 23.3 Å². The van der Waals surface area contributed by atoms with Gasteiger partial charge in [0.15, 0.2) is 0 Å². The number of rotatable bonds is 7. The van der Waals surface area contributed by atoms with Gasteiger partial charge >= 0.3 is 12.1 Å². The summed E-state index contributed by atoms with van der Waals surface area (Å²) < 4.78 is 10.7. The van der Waals surface area contributed by atoms with Crippen LogP contribution in [0.3, 0.4) is 0 Å². The predicted octanol–water partition coefficient (Wildman–Crippen LogP) is 3.18. The van der Waals surface area contributed by atoms with E-state index in [1.165, 1.54) is 4.90 Å². The third-order valence-corrected chi connectivity index (χ3v) is 4.12. The average Bonchev–Trinajstić information content (AvgIpc) is 2.99. The molecule has 1 fully saturated rings. The Morgan fingerprint density at radius 3 is 2.26 bits per heavy atom. The number of amides is 2. The van der Waals surface area contributed by atoms with Crippen LogP contribution in [0, 0.1) is 0 Å². The van der Waals surface area contributed by atoms with Crippen molar-refractivity contribution in [2.24, 2.45) is 0 Å². The molecule has 0 aromatic carbocycles. The van der Waals surface area contributed by atoms with Gasteiger partial charge in [0, 0.05) is 18.8 Å². The van der Waals surface area contributed by atoms with Gasteiger partial charge in [-0.05, 0) is 59.6 Å². The summed E-state index contributed by atoms with van der Waals surface area (Å²) >= 11 is 0. The number of likely N-dealkylation sites (tertiary alicyclic amines) is 1. The van der Waals surface area contributed by atoms with Gasteiger partial charge in [-0.3, -0.25) is 14.5 Å². The first-order valence-corrected chi connectivity index (χ1v) is 10.4. The Morgan fingerprint density at radius 1 is 1.13 bits per heavy atom. The number of carbonyl (C=O) groups excluding carboxylic acids is 3. The molecule has 174 valence electrons. The minimum atomic E-state index is -0.747. The van der Waals surface area contributed by atoms with E-state index in [4.69, 9.17) is 9.47 Å². The maximum absolute atomic E-state index is 13.0. The van der Waals surface area contributed by atoms with Gasteiger partial charge in [0.25, 0.3) is 0 Å². The van der Waals surface area contributed by atoms with Crippen molar-refractivity contribution in [3.05, 3.63) is 36.1 Å². The molecule has 1 N–H and O–H groups in total. The highest BCUT2D eigenvalue weighted by Crippen LogP contribution is 2.27. The van der Waals surface area contributed by atoms with Crippen molar-refractivity contribution < 1.29 is 29.0 Å². The van der Waals surface area contributed by atoms with E-state index in [9.17, 15) is 19.5 Å². The number of ether oxygens (including phenoxy) is 2. The van der Waals surface area contributed by atoms with Crippen LogP contribution in [-0.2, 0) is 19.1 Å². The largest absolute Gasteiger partial charge is 0.460 e. The minimum absolute atomic E-state index is 0.0107. The molecule has 1 aliphatic rings. The van der Waals surface area contributed by atoms with Crippen LogP contribution in [0.1, 0.15) is 54.4 Å². The number of esters is 1. The third-order valence-electron chi connectivity index (χ3n) is 4.12. The maximum atomic E-state index is 13.0. The zero-order chi connectivity index (χ0) is 23.8. The molecule has 0 aromatic rings. The van der Waals surface area contributed by atoms with E-state index in [0.29, 0.717) is 18.7 Å². The van der Waals surface area contributed by atoms with E-state index in [1.807, 2.05) is 0 Å². The third kappa shape index (κ3) is 9.38. The van der Waals surface area contributed by atoms with Gasteiger partial charge < -0.3 is 19.5 Å². The monoisotopic (exact) mass is 436 g/mol. The fourth-order valence-electron chi connectivity index (χ4n) is 2.97. The molecule has 0 bridgehead atoms. The molecule has 0 aliphatic carbocycles. The van der Waals surface area contributed by atoms with Crippen molar-refractivity contribution >= 4 is 18.0 Å². The van der Waals surface area contributed by atoms with Crippen LogP contribution < -0.4 is 0 Å². The molecule has 0 radical (unpaired) electrons. The van der Waals surface area contributed by atoms with Gasteiger partial charge in [0.1, 0.15) is 17.7 Å². The number of hydrogen-bond donors (Lipinski definition) is 1. The van der Waals surface area contributed by atoms with Crippen LogP contribution in [0.2, 0.25) is 0 Å². The lowest BCUT2D eigenvalue weighted by atomic mass is 10.1. The predicted molar refractivity (Wildman–Crippen MR) is 118 cm³/mol. The van der Waals surface area contributed by atoms with Crippen LogP contribution in [0.15, 0.2) is 36.1 Å². The van der Waals surface area contributed by atoms with Crippen LogP contribution in [0.4, 0.5) is 4.79 Å². The van der Waals surface area contributed by atoms with Crippen molar-refractivity contribution in [3.8, 4) is 0 Å². The van der Waals surface area contributed by atoms with Crippen molar-refractivity contribution in [1.29, 1.82) is 0 Å². The van der Waals surface area contributed by atoms with Crippen molar-refractivity contribution in [1.82, 2.24) is 9.80 Å². The fraction of sp³-hybridized carbons (Fsp3) is 0.609. The summed E-state index contributed by atoms with van der Waals surface area (Å²) in [7, 11) is 0. The lowest BCUT2D eigenvalue weighted by molar-refractivity contribution is -0.155. The van der Waals surface area contributed by atoms with Crippen LogP contribution in [0.5, 0.6) is 0 Å². The second kappa shape index (κ2) is 11.1. The summed E-state index contributed by atoms with van der Waals surface area (Å²) in [6.07, 6.45) is 4.77. The molecule has 0 spiro atoms. The zero-order valence-corrected chi connectivity index (χ0v) is 19.6. The summed E-state index contributed by atoms with van der Waals surface area (Å²) in [6, 6.07) is 0. The molecular weight excluding hydrogens is 400 g/mol. The van der Waals surface area contributed by atoms with Crippen LogP contribution in [0.25, 0.3) is 0 Å². The smallest absolute Gasteiger partial charge is 0.410 e. The van der Waals surface area contributed by atoms with Gasteiger partial charge in [-0.15, -0.1) is 0 Å². The first kappa shape index (κ1) is 26.4. The standard InChI is InChI=1S/C23H36N2O6/c1-8-9-18-17(12-15-26)10-14-25(18)19(27)16-24(21(29)31-23(5,6)7)13-11-20(28)30-22(2,3)4/h8-9,12,26H,1,10-11,13-16H2,2-7H3/b17-12-,18-9?. The Bertz CT molecular complexity index is 740. The second-order valence-electron chi connectivity index (χ2n) is 9.23. The molecule has 0 aromatic heterocycles. The van der Waals surface area contributed by atoms with E-state index in [-0.39, 0.29) is 32.0 Å². The molecule has 1 rings (SSSR count). The molecule has 2 amide bonds. The van der Waals surface area contributed by atoms with E-state index >= 15 is 0 Å². The highest BCUT2D eigenvalue weighted by Gasteiger charge is 2.31. The van der Waals surface area contributed by atoms with Crippen LogP contribution >= 0.6 is 0 Å². The highest BCUT2D eigenvalue weighted by atomic mass is 16.6. The molecule has 0 unspecified atom stereocenters. The van der Waals surface area contributed by atoms with E-state index in [1.54, 1.807) is 64.7 Å². The summed E-state index contributed by atoms with van der Waals surface area (Å²) in [5.41, 5.74) is 0.0979. The Hall–Kier alpha value is -2.61. The van der Waals surface area contributed by atoms with Crippen molar-refractivity contribution in [2.75, 3.05) is 26.2 Å². The number of aliphatic hydroxyl groups is 1. The topological polar surface area (TPSA) is 96.4 Å². The minimum Gasteiger partial charge on any atom is -0.460 e. The van der Waals surface area contributed by atoms with E-state index in [2.05, 4.69) is 6.58 Å². The molecule has 31 heavy (non-hydrogen) atoms. The van der Waals surface area contributed by atoms with Gasteiger partial charge in [0.2, 0.25) is 5.91 Å². The molecule has 0 saturated carbocycles. The zero-order valence-electron chi connectivity index (χ0n) is 19.6. The molecule has 1 aliphatic heterocycles. The quantitative estimate of drug-likeness (QED) is 0.616. The Kier molecular flexibility index (Phi) is 9.49. The molecule has 8 heteroatoms. The molecule has 1 saturated heterocycles. The summed E-state index contributed by atoms with van der Waals surface area (Å²) in [6.45, 7) is 14.2. The summed E-state index contributed by atoms with van der Waals surface area (Å²) in [5, 5.41) is 9.22. The fourth-order valence-corrected chi connectivity index (χ4v) is 2.97. The molecule has 1 heterocycles. The number of aliphatic hydroxyl groups excluding tert-OH is 1. The Labute approximate surface area is 185 Å². The normalized spacial score (nSPS) is 17.1.